The van der Waals surface area contributed by atoms with E-state index >= 15 is 0 Å². The molecule has 7 nitrogen and oxygen atoms in total. The third-order valence-corrected chi connectivity index (χ3v) is 6.58. The fraction of sp³-hybridized carbons (Fsp3) is 0.438. The minimum atomic E-state index is -3.62. The largest absolute Gasteiger partial charge is 0.296 e. The number of carbonyl (C=O) groups is 1. The van der Waals surface area contributed by atoms with Crippen LogP contribution in [0.3, 0.4) is 0 Å². The molecule has 1 fully saturated rings. The molecule has 0 bridgehead atoms. The standard InChI is InChI=1S/C16H20N4O3S2/c1-11-6-12(2)9-20(8-11)25(22,23)14-5-3-4-13(7-14)15(21)18-16-19-17-10-24-16/h3-5,7,10-12H,6,8-9H2,1-2H3,(H,18,19,21). The fourth-order valence-electron chi connectivity index (χ4n) is 3.15. The molecule has 0 spiro atoms. The van der Waals surface area contributed by atoms with Gasteiger partial charge in [-0.3, -0.25) is 10.1 Å². The van der Waals surface area contributed by atoms with Crippen LogP contribution < -0.4 is 5.32 Å². The Kier molecular flexibility index (Phi) is 5.16. The van der Waals surface area contributed by atoms with Gasteiger partial charge < -0.3 is 0 Å². The van der Waals surface area contributed by atoms with Crippen LogP contribution in [-0.4, -0.2) is 41.9 Å². The molecule has 2 heterocycles. The number of hydrogen-bond donors (Lipinski definition) is 1. The topological polar surface area (TPSA) is 92.3 Å². The van der Waals surface area contributed by atoms with E-state index in [-0.39, 0.29) is 10.5 Å². The zero-order valence-corrected chi connectivity index (χ0v) is 15.7. The van der Waals surface area contributed by atoms with Gasteiger partial charge in [0, 0.05) is 18.7 Å². The molecule has 1 aliphatic rings. The van der Waals surface area contributed by atoms with Crippen molar-refractivity contribution in [1.29, 1.82) is 0 Å². The van der Waals surface area contributed by atoms with Gasteiger partial charge in [0.2, 0.25) is 15.2 Å². The Bertz CT molecular complexity index is 842. The zero-order chi connectivity index (χ0) is 18.0. The highest BCUT2D eigenvalue weighted by atomic mass is 32.2. The Morgan fingerprint density at radius 1 is 1.28 bits per heavy atom. The number of nitrogens with zero attached hydrogens (tertiary/aromatic N) is 3. The molecule has 0 radical (unpaired) electrons. The van der Waals surface area contributed by atoms with Gasteiger partial charge in [-0.25, -0.2) is 8.42 Å². The number of aromatic nitrogens is 2. The Labute approximate surface area is 151 Å². The van der Waals surface area contributed by atoms with Crippen LogP contribution in [-0.2, 0) is 10.0 Å². The van der Waals surface area contributed by atoms with Crippen molar-refractivity contribution in [1.82, 2.24) is 14.5 Å². The number of hydrogen-bond acceptors (Lipinski definition) is 6. The summed E-state index contributed by atoms with van der Waals surface area (Å²) in [5, 5.41) is 10.4. The minimum absolute atomic E-state index is 0.138. The Hall–Kier alpha value is -1.84. The molecule has 9 heteroatoms. The van der Waals surface area contributed by atoms with E-state index in [0.717, 1.165) is 6.42 Å². The van der Waals surface area contributed by atoms with Crippen molar-refractivity contribution in [2.75, 3.05) is 18.4 Å². The van der Waals surface area contributed by atoms with E-state index in [1.807, 2.05) is 0 Å². The molecule has 3 rings (SSSR count). The Morgan fingerprint density at radius 2 is 2.00 bits per heavy atom. The number of nitrogens with one attached hydrogen (secondary N) is 1. The van der Waals surface area contributed by atoms with Gasteiger partial charge in [-0.2, -0.15) is 4.31 Å². The smallest absolute Gasteiger partial charge is 0.257 e. The highest BCUT2D eigenvalue weighted by Gasteiger charge is 2.31. The molecule has 0 aliphatic carbocycles. The van der Waals surface area contributed by atoms with Crippen LogP contribution in [0.4, 0.5) is 5.13 Å². The molecule has 1 aromatic heterocycles. The van der Waals surface area contributed by atoms with E-state index in [0.29, 0.717) is 30.1 Å². The average Bonchev–Trinajstić information content (AvgIpc) is 3.07. The molecule has 1 N–H and O–H groups in total. The highest BCUT2D eigenvalue weighted by Crippen LogP contribution is 2.27. The third kappa shape index (κ3) is 4.05. The normalized spacial score (nSPS) is 21.8. The number of amides is 1. The predicted molar refractivity (Wildman–Crippen MR) is 96.0 cm³/mol. The second-order valence-electron chi connectivity index (χ2n) is 6.49. The Balaban J connectivity index is 1.83. The molecule has 25 heavy (non-hydrogen) atoms. The van der Waals surface area contributed by atoms with Gasteiger partial charge in [-0.1, -0.05) is 31.3 Å². The maximum Gasteiger partial charge on any atom is 0.257 e. The quantitative estimate of drug-likeness (QED) is 0.880. The van der Waals surface area contributed by atoms with Crippen LogP contribution in [0, 0.1) is 11.8 Å². The fourth-order valence-corrected chi connectivity index (χ4v) is 5.31. The number of rotatable bonds is 4. The molecule has 134 valence electrons. The van der Waals surface area contributed by atoms with Gasteiger partial charge >= 0.3 is 0 Å². The first kappa shape index (κ1) is 18.0. The van der Waals surface area contributed by atoms with Crippen LogP contribution in [0.1, 0.15) is 30.6 Å². The van der Waals surface area contributed by atoms with E-state index in [1.165, 1.54) is 33.3 Å². The SMILES string of the molecule is CC1CC(C)CN(S(=O)(=O)c2cccc(C(=O)Nc3nncs3)c2)C1. The number of carbonyl (C=O) groups excluding carboxylic acids is 1. The lowest BCUT2D eigenvalue weighted by Crippen LogP contribution is -2.42. The lowest BCUT2D eigenvalue weighted by atomic mass is 9.94. The van der Waals surface area contributed by atoms with Gasteiger partial charge in [0.1, 0.15) is 5.51 Å². The molecule has 1 aliphatic heterocycles. The molecule has 0 saturated carbocycles. The number of sulfonamides is 1. The maximum atomic E-state index is 12.9. The van der Waals surface area contributed by atoms with E-state index in [4.69, 9.17) is 0 Å². The van der Waals surface area contributed by atoms with Crippen molar-refractivity contribution >= 4 is 32.4 Å². The summed E-state index contributed by atoms with van der Waals surface area (Å²) in [4.78, 5) is 12.4. The van der Waals surface area contributed by atoms with Crippen molar-refractivity contribution in [3.63, 3.8) is 0 Å². The highest BCUT2D eigenvalue weighted by molar-refractivity contribution is 7.89. The Morgan fingerprint density at radius 3 is 2.64 bits per heavy atom. The van der Waals surface area contributed by atoms with Crippen molar-refractivity contribution in [3.8, 4) is 0 Å². The van der Waals surface area contributed by atoms with Crippen molar-refractivity contribution in [2.24, 2.45) is 11.8 Å². The van der Waals surface area contributed by atoms with Crippen LogP contribution in [0.5, 0.6) is 0 Å². The monoisotopic (exact) mass is 380 g/mol. The summed E-state index contributed by atoms with van der Waals surface area (Å²) in [6.45, 7) is 5.13. The number of benzene rings is 1. The maximum absolute atomic E-state index is 12.9. The first-order valence-corrected chi connectivity index (χ1v) is 10.4. The minimum Gasteiger partial charge on any atom is -0.296 e. The van der Waals surface area contributed by atoms with Crippen molar-refractivity contribution in [2.45, 2.75) is 25.2 Å². The molecule has 2 unspecified atom stereocenters. The van der Waals surface area contributed by atoms with E-state index in [2.05, 4.69) is 29.4 Å². The van der Waals surface area contributed by atoms with Crippen molar-refractivity contribution in [3.05, 3.63) is 35.3 Å². The summed E-state index contributed by atoms with van der Waals surface area (Å²) in [6, 6.07) is 6.10. The summed E-state index contributed by atoms with van der Waals surface area (Å²) >= 11 is 1.20. The summed E-state index contributed by atoms with van der Waals surface area (Å²) < 4.78 is 27.4. The third-order valence-electron chi connectivity index (χ3n) is 4.15. The average molecular weight is 380 g/mol. The zero-order valence-electron chi connectivity index (χ0n) is 14.0. The van der Waals surface area contributed by atoms with Crippen LogP contribution in [0.2, 0.25) is 0 Å². The van der Waals surface area contributed by atoms with Gasteiger partial charge in [0.15, 0.2) is 0 Å². The number of piperidine rings is 1. The summed E-state index contributed by atoms with van der Waals surface area (Å²) in [7, 11) is -3.62. The lowest BCUT2D eigenvalue weighted by molar-refractivity contribution is 0.102. The van der Waals surface area contributed by atoms with E-state index < -0.39 is 15.9 Å². The molecule has 2 atom stereocenters. The molecule has 1 saturated heterocycles. The van der Waals surface area contributed by atoms with E-state index in [1.54, 1.807) is 12.1 Å². The first-order valence-electron chi connectivity index (χ1n) is 8.04. The van der Waals surface area contributed by atoms with Gasteiger partial charge in [-0.05, 0) is 36.5 Å². The van der Waals surface area contributed by atoms with Crippen molar-refractivity contribution < 1.29 is 13.2 Å². The van der Waals surface area contributed by atoms with E-state index in [9.17, 15) is 13.2 Å². The molecule has 1 aromatic carbocycles. The molecule has 1 amide bonds. The summed E-state index contributed by atoms with van der Waals surface area (Å²) in [5.74, 6) is 0.235. The second kappa shape index (κ2) is 7.19. The predicted octanol–water partition coefficient (Wildman–Crippen LogP) is 2.46. The van der Waals surface area contributed by atoms with Gasteiger partial charge in [-0.15, -0.1) is 10.2 Å². The molecular weight excluding hydrogens is 360 g/mol. The van der Waals surface area contributed by atoms with Gasteiger partial charge in [0.25, 0.3) is 5.91 Å². The summed E-state index contributed by atoms with van der Waals surface area (Å²) in [5.41, 5.74) is 1.78. The molecular formula is C16H20N4O3S2. The number of anilines is 1. The second-order valence-corrected chi connectivity index (χ2v) is 9.27. The van der Waals surface area contributed by atoms with Crippen LogP contribution in [0.15, 0.2) is 34.7 Å². The molecule has 2 aromatic rings. The van der Waals surface area contributed by atoms with Gasteiger partial charge in [0.05, 0.1) is 4.90 Å². The first-order chi connectivity index (χ1) is 11.9. The lowest BCUT2D eigenvalue weighted by Gasteiger charge is -2.34. The summed E-state index contributed by atoms with van der Waals surface area (Å²) in [6.07, 6.45) is 1.02. The van der Waals surface area contributed by atoms with Crippen LogP contribution >= 0.6 is 11.3 Å². The van der Waals surface area contributed by atoms with Crippen LogP contribution in [0.25, 0.3) is 0 Å².